The van der Waals surface area contributed by atoms with Gasteiger partial charge < -0.3 is 4.74 Å². The van der Waals surface area contributed by atoms with Gasteiger partial charge in [0, 0.05) is 13.1 Å². The molecule has 0 aliphatic rings. The summed E-state index contributed by atoms with van der Waals surface area (Å²) < 4.78 is 45.0. The molecular formula is C11H17FN2O3S. The molecule has 1 rings (SSSR count). The Morgan fingerprint density at radius 1 is 1.22 bits per heavy atom. The van der Waals surface area contributed by atoms with Crippen molar-refractivity contribution in [3.8, 4) is 5.75 Å². The average molecular weight is 276 g/mol. The van der Waals surface area contributed by atoms with E-state index in [0.29, 0.717) is 25.3 Å². The third-order valence-electron chi connectivity index (χ3n) is 2.03. The first kappa shape index (κ1) is 14.9. The molecule has 0 saturated carbocycles. The van der Waals surface area contributed by atoms with Gasteiger partial charge in [-0.25, -0.2) is 13.8 Å². The van der Waals surface area contributed by atoms with E-state index in [-0.39, 0.29) is 12.4 Å². The van der Waals surface area contributed by atoms with Crippen molar-refractivity contribution in [1.82, 2.24) is 9.44 Å². The molecule has 5 nitrogen and oxygen atoms in total. The Hall–Kier alpha value is -1.18. The number of hydrogen-bond acceptors (Lipinski definition) is 3. The Balaban J connectivity index is 2.18. The molecule has 0 spiro atoms. The molecule has 0 radical (unpaired) electrons. The maximum Gasteiger partial charge on any atom is 0.276 e. The molecule has 0 amide bonds. The zero-order valence-corrected chi connectivity index (χ0v) is 11.0. The topological polar surface area (TPSA) is 67.4 Å². The van der Waals surface area contributed by atoms with Crippen molar-refractivity contribution in [2.24, 2.45) is 0 Å². The van der Waals surface area contributed by atoms with E-state index in [1.165, 1.54) is 24.3 Å². The van der Waals surface area contributed by atoms with Gasteiger partial charge in [0.25, 0.3) is 10.2 Å². The smallest absolute Gasteiger partial charge is 0.276 e. The summed E-state index contributed by atoms with van der Waals surface area (Å²) in [7, 11) is -3.39. The first-order valence-corrected chi connectivity index (χ1v) is 7.14. The van der Waals surface area contributed by atoms with Crippen LogP contribution in [-0.2, 0) is 10.2 Å². The van der Waals surface area contributed by atoms with Crippen LogP contribution >= 0.6 is 0 Å². The SMILES string of the molecule is CCNS(=O)(=O)NCCCOc1ccc(F)cc1. The molecule has 1 aromatic carbocycles. The van der Waals surface area contributed by atoms with Crippen molar-refractivity contribution in [3.05, 3.63) is 30.1 Å². The molecule has 102 valence electrons. The van der Waals surface area contributed by atoms with Crippen LogP contribution < -0.4 is 14.2 Å². The summed E-state index contributed by atoms with van der Waals surface area (Å²) in [5.41, 5.74) is 0. The fourth-order valence-electron chi connectivity index (χ4n) is 1.24. The van der Waals surface area contributed by atoms with Crippen molar-refractivity contribution in [1.29, 1.82) is 0 Å². The van der Waals surface area contributed by atoms with Crippen molar-refractivity contribution < 1.29 is 17.5 Å². The van der Waals surface area contributed by atoms with E-state index >= 15 is 0 Å². The van der Waals surface area contributed by atoms with Gasteiger partial charge >= 0.3 is 0 Å². The Bertz CT molecular complexity index is 448. The molecule has 18 heavy (non-hydrogen) atoms. The van der Waals surface area contributed by atoms with Gasteiger partial charge in [0.1, 0.15) is 11.6 Å². The van der Waals surface area contributed by atoms with Gasteiger partial charge in [0.05, 0.1) is 6.61 Å². The largest absolute Gasteiger partial charge is 0.494 e. The van der Waals surface area contributed by atoms with Crippen LogP contribution in [0.5, 0.6) is 5.75 Å². The molecule has 0 fully saturated rings. The van der Waals surface area contributed by atoms with E-state index in [2.05, 4.69) is 9.44 Å². The second kappa shape index (κ2) is 7.30. The minimum Gasteiger partial charge on any atom is -0.494 e. The van der Waals surface area contributed by atoms with Gasteiger partial charge in [-0.2, -0.15) is 8.42 Å². The maximum atomic E-state index is 12.6. The van der Waals surface area contributed by atoms with Gasteiger partial charge in [-0.15, -0.1) is 0 Å². The van der Waals surface area contributed by atoms with Crippen molar-refractivity contribution in [3.63, 3.8) is 0 Å². The first-order chi connectivity index (χ1) is 8.53. The van der Waals surface area contributed by atoms with E-state index < -0.39 is 10.2 Å². The highest BCUT2D eigenvalue weighted by molar-refractivity contribution is 7.87. The molecule has 0 unspecified atom stereocenters. The monoisotopic (exact) mass is 276 g/mol. The molecule has 0 atom stereocenters. The summed E-state index contributed by atoms with van der Waals surface area (Å²) >= 11 is 0. The number of hydrogen-bond donors (Lipinski definition) is 2. The lowest BCUT2D eigenvalue weighted by Gasteiger charge is -2.08. The van der Waals surface area contributed by atoms with Crippen molar-refractivity contribution >= 4 is 10.2 Å². The van der Waals surface area contributed by atoms with Gasteiger partial charge in [-0.3, -0.25) is 0 Å². The first-order valence-electron chi connectivity index (χ1n) is 5.66. The molecule has 0 aliphatic heterocycles. The van der Waals surface area contributed by atoms with E-state index in [4.69, 9.17) is 4.74 Å². The number of rotatable bonds is 8. The molecule has 0 aromatic heterocycles. The van der Waals surface area contributed by atoms with Gasteiger partial charge in [0.2, 0.25) is 0 Å². The van der Waals surface area contributed by atoms with E-state index in [9.17, 15) is 12.8 Å². The summed E-state index contributed by atoms with van der Waals surface area (Å²) in [6, 6.07) is 5.67. The fraction of sp³-hybridized carbons (Fsp3) is 0.455. The Labute approximate surface area is 107 Å². The minimum absolute atomic E-state index is 0.288. The number of halogens is 1. The van der Waals surface area contributed by atoms with Crippen LogP contribution in [0.25, 0.3) is 0 Å². The minimum atomic E-state index is -3.39. The van der Waals surface area contributed by atoms with E-state index in [1.807, 2.05) is 0 Å². The van der Waals surface area contributed by atoms with E-state index in [1.54, 1.807) is 6.92 Å². The predicted molar refractivity (Wildman–Crippen MR) is 67.1 cm³/mol. The molecule has 0 saturated heterocycles. The second-order valence-corrected chi connectivity index (χ2v) is 5.14. The Morgan fingerprint density at radius 3 is 2.50 bits per heavy atom. The number of ether oxygens (including phenoxy) is 1. The van der Waals surface area contributed by atoms with Gasteiger partial charge in [-0.1, -0.05) is 6.92 Å². The highest BCUT2D eigenvalue weighted by Crippen LogP contribution is 2.10. The maximum absolute atomic E-state index is 12.6. The standard InChI is InChI=1S/C11H17FN2O3S/c1-2-13-18(15,16)14-8-3-9-17-11-6-4-10(12)5-7-11/h4-7,13-14H,2-3,8-9H2,1H3. The number of benzene rings is 1. The second-order valence-electron chi connectivity index (χ2n) is 3.55. The molecule has 1 aromatic rings. The van der Waals surface area contributed by atoms with Crippen LogP contribution in [-0.4, -0.2) is 28.1 Å². The molecule has 0 aliphatic carbocycles. The number of nitrogens with one attached hydrogen (secondary N) is 2. The van der Waals surface area contributed by atoms with Gasteiger partial charge in [0.15, 0.2) is 0 Å². The molecule has 2 N–H and O–H groups in total. The van der Waals surface area contributed by atoms with Crippen LogP contribution in [0, 0.1) is 5.82 Å². The average Bonchev–Trinajstić information content (AvgIpc) is 2.31. The summed E-state index contributed by atoms with van der Waals surface area (Å²) in [6.45, 7) is 2.70. The third-order valence-corrected chi connectivity index (χ3v) is 3.28. The fourth-order valence-corrected chi connectivity index (χ4v) is 2.14. The molecule has 0 heterocycles. The quantitative estimate of drug-likeness (QED) is 0.697. The Morgan fingerprint density at radius 2 is 1.89 bits per heavy atom. The van der Waals surface area contributed by atoms with Gasteiger partial charge in [-0.05, 0) is 30.7 Å². The zero-order valence-electron chi connectivity index (χ0n) is 10.1. The molecule has 0 bridgehead atoms. The lowest BCUT2D eigenvalue weighted by molar-refractivity contribution is 0.311. The zero-order chi connectivity index (χ0) is 13.4. The van der Waals surface area contributed by atoms with Crippen LogP contribution in [0.15, 0.2) is 24.3 Å². The predicted octanol–water partition coefficient (Wildman–Crippen LogP) is 1.04. The van der Waals surface area contributed by atoms with Crippen LogP contribution in [0.2, 0.25) is 0 Å². The molecule has 7 heteroatoms. The van der Waals surface area contributed by atoms with Crippen LogP contribution in [0.3, 0.4) is 0 Å². The summed E-state index contributed by atoms with van der Waals surface area (Å²) in [5.74, 6) is 0.242. The normalized spacial score (nSPS) is 11.4. The van der Waals surface area contributed by atoms with Crippen molar-refractivity contribution in [2.75, 3.05) is 19.7 Å². The Kier molecular flexibility index (Phi) is 6.03. The summed E-state index contributed by atoms with van der Waals surface area (Å²) in [6.07, 6.45) is 0.530. The van der Waals surface area contributed by atoms with Crippen LogP contribution in [0.4, 0.5) is 4.39 Å². The van der Waals surface area contributed by atoms with E-state index in [0.717, 1.165) is 0 Å². The highest BCUT2D eigenvalue weighted by atomic mass is 32.2. The molecular weight excluding hydrogens is 259 g/mol. The highest BCUT2D eigenvalue weighted by Gasteiger charge is 2.05. The van der Waals surface area contributed by atoms with Crippen LogP contribution in [0.1, 0.15) is 13.3 Å². The lowest BCUT2D eigenvalue weighted by Crippen LogP contribution is -2.37. The van der Waals surface area contributed by atoms with Crippen molar-refractivity contribution in [2.45, 2.75) is 13.3 Å². The lowest BCUT2D eigenvalue weighted by atomic mass is 10.3. The third kappa shape index (κ3) is 5.95. The summed E-state index contributed by atoms with van der Waals surface area (Å²) in [5, 5.41) is 0. The summed E-state index contributed by atoms with van der Waals surface area (Å²) in [4.78, 5) is 0.